The Hall–Kier alpha value is -1.74. The molecule has 1 aromatic heterocycles. The summed E-state index contributed by atoms with van der Waals surface area (Å²) in [4.78, 5) is 2.52. The van der Waals surface area contributed by atoms with Gasteiger partial charge in [-0.25, -0.2) is 0 Å². The summed E-state index contributed by atoms with van der Waals surface area (Å²) in [6, 6.07) is 12.6. The Kier molecular flexibility index (Phi) is 2.64. The molecule has 0 aliphatic carbocycles. The van der Waals surface area contributed by atoms with Crippen LogP contribution >= 0.6 is 0 Å². The van der Waals surface area contributed by atoms with E-state index in [1.807, 2.05) is 6.07 Å². The fraction of sp³-hybridized carbons (Fsp3) is 0.412. The molecular weight excluding hydrogens is 248 g/mol. The third kappa shape index (κ3) is 1.77. The second kappa shape index (κ2) is 4.38. The molecule has 3 heteroatoms. The molecule has 1 fully saturated rings. The van der Waals surface area contributed by atoms with Gasteiger partial charge in [0, 0.05) is 12.7 Å². The largest absolute Gasteiger partial charge is 0.478 e. The SMILES string of the molecule is CC1(CN2CCCC2)Oc2ccccc2-n2cccc21. The third-order valence-corrected chi connectivity index (χ3v) is 4.47. The molecule has 2 aliphatic heterocycles. The fourth-order valence-electron chi connectivity index (χ4n) is 3.54. The third-order valence-electron chi connectivity index (χ3n) is 4.47. The molecule has 4 rings (SSSR count). The lowest BCUT2D eigenvalue weighted by Crippen LogP contribution is -2.45. The Labute approximate surface area is 119 Å². The normalized spacial score (nSPS) is 25.1. The van der Waals surface area contributed by atoms with Gasteiger partial charge in [-0.15, -0.1) is 0 Å². The summed E-state index contributed by atoms with van der Waals surface area (Å²) in [5.41, 5.74) is 2.14. The first-order chi connectivity index (χ1) is 9.76. The number of benzene rings is 1. The van der Waals surface area contributed by atoms with Gasteiger partial charge in [0.1, 0.15) is 5.75 Å². The highest BCUT2D eigenvalue weighted by molar-refractivity contribution is 5.51. The Morgan fingerprint density at radius 3 is 2.75 bits per heavy atom. The van der Waals surface area contributed by atoms with Crippen molar-refractivity contribution in [3.05, 3.63) is 48.3 Å². The minimum atomic E-state index is -0.262. The number of aromatic nitrogens is 1. The van der Waals surface area contributed by atoms with E-state index in [0.717, 1.165) is 18.0 Å². The van der Waals surface area contributed by atoms with Gasteiger partial charge in [0.25, 0.3) is 0 Å². The Bertz CT molecular complexity index is 627. The van der Waals surface area contributed by atoms with Crippen LogP contribution in [0, 0.1) is 0 Å². The van der Waals surface area contributed by atoms with Crippen molar-refractivity contribution in [2.75, 3.05) is 19.6 Å². The van der Waals surface area contributed by atoms with Gasteiger partial charge < -0.3 is 9.30 Å². The monoisotopic (exact) mass is 268 g/mol. The molecule has 2 aromatic rings. The van der Waals surface area contributed by atoms with E-state index < -0.39 is 0 Å². The summed E-state index contributed by atoms with van der Waals surface area (Å²) in [6.07, 6.45) is 4.76. The van der Waals surface area contributed by atoms with Crippen molar-refractivity contribution < 1.29 is 4.74 Å². The molecule has 104 valence electrons. The summed E-state index contributed by atoms with van der Waals surface area (Å²) in [5, 5.41) is 0. The number of hydrogen-bond acceptors (Lipinski definition) is 2. The zero-order valence-corrected chi connectivity index (χ0v) is 11.9. The number of rotatable bonds is 2. The maximum absolute atomic E-state index is 6.40. The van der Waals surface area contributed by atoms with Gasteiger partial charge in [-0.05, 0) is 57.1 Å². The van der Waals surface area contributed by atoms with Crippen LogP contribution in [-0.4, -0.2) is 29.1 Å². The lowest BCUT2D eigenvalue weighted by atomic mass is 9.99. The minimum absolute atomic E-state index is 0.262. The van der Waals surface area contributed by atoms with Gasteiger partial charge in [0.2, 0.25) is 0 Å². The van der Waals surface area contributed by atoms with E-state index in [2.05, 4.69) is 52.9 Å². The predicted octanol–water partition coefficient (Wildman–Crippen LogP) is 3.18. The van der Waals surface area contributed by atoms with Crippen molar-refractivity contribution in [1.82, 2.24) is 9.47 Å². The first-order valence-electron chi connectivity index (χ1n) is 7.45. The Balaban J connectivity index is 1.76. The van der Waals surface area contributed by atoms with E-state index in [1.165, 1.54) is 31.6 Å². The summed E-state index contributed by atoms with van der Waals surface area (Å²) >= 11 is 0. The van der Waals surface area contributed by atoms with Crippen LogP contribution in [0.2, 0.25) is 0 Å². The van der Waals surface area contributed by atoms with E-state index in [1.54, 1.807) is 0 Å². The molecule has 0 bridgehead atoms. The summed E-state index contributed by atoms with van der Waals surface area (Å²) in [7, 11) is 0. The summed E-state index contributed by atoms with van der Waals surface area (Å²) < 4.78 is 8.68. The van der Waals surface area contributed by atoms with Crippen molar-refractivity contribution in [3.63, 3.8) is 0 Å². The van der Waals surface area contributed by atoms with Crippen molar-refractivity contribution in [1.29, 1.82) is 0 Å². The Morgan fingerprint density at radius 2 is 1.90 bits per heavy atom. The summed E-state index contributed by atoms with van der Waals surface area (Å²) in [6.45, 7) is 5.57. The molecule has 1 aromatic carbocycles. The maximum atomic E-state index is 6.40. The molecule has 0 saturated carbocycles. The number of hydrogen-bond donors (Lipinski definition) is 0. The highest BCUT2D eigenvalue weighted by atomic mass is 16.5. The smallest absolute Gasteiger partial charge is 0.159 e. The van der Waals surface area contributed by atoms with Crippen molar-refractivity contribution >= 4 is 0 Å². The Morgan fingerprint density at radius 1 is 1.10 bits per heavy atom. The van der Waals surface area contributed by atoms with Crippen LogP contribution in [0.4, 0.5) is 0 Å². The van der Waals surface area contributed by atoms with Crippen molar-refractivity contribution in [2.45, 2.75) is 25.4 Å². The first-order valence-corrected chi connectivity index (χ1v) is 7.45. The van der Waals surface area contributed by atoms with E-state index >= 15 is 0 Å². The number of para-hydroxylation sites is 2. The van der Waals surface area contributed by atoms with E-state index in [-0.39, 0.29) is 5.60 Å². The van der Waals surface area contributed by atoms with Crippen LogP contribution in [0.15, 0.2) is 42.6 Å². The molecule has 3 heterocycles. The van der Waals surface area contributed by atoms with Crippen LogP contribution in [0.1, 0.15) is 25.5 Å². The van der Waals surface area contributed by atoms with Gasteiger partial charge in [-0.3, -0.25) is 4.90 Å². The lowest BCUT2D eigenvalue weighted by Gasteiger charge is -2.39. The van der Waals surface area contributed by atoms with Gasteiger partial charge in [0.05, 0.1) is 11.4 Å². The standard InChI is InChI=1S/C17H20N2O/c1-17(13-18-10-4-5-11-18)16-9-6-12-19(16)14-7-2-3-8-15(14)20-17/h2-3,6-9,12H,4-5,10-11,13H2,1H3. The lowest BCUT2D eigenvalue weighted by molar-refractivity contribution is 0.0359. The molecule has 1 atom stereocenters. The predicted molar refractivity (Wildman–Crippen MR) is 79.4 cm³/mol. The molecule has 0 radical (unpaired) electrons. The number of fused-ring (bicyclic) bond motifs is 3. The second-order valence-corrected chi connectivity index (χ2v) is 6.05. The van der Waals surface area contributed by atoms with Gasteiger partial charge in [0.15, 0.2) is 5.60 Å². The van der Waals surface area contributed by atoms with Crippen LogP contribution < -0.4 is 4.74 Å². The van der Waals surface area contributed by atoms with Gasteiger partial charge in [-0.1, -0.05) is 12.1 Å². The quantitative estimate of drug-likeness (QED) is 0.832. The molecule has 0 amide bonds. The second-order valence-electron chi connectivity index (χ2n) is 6.05. The molecule has 1 unspecified atom stereocenters. The highest BCUT2D eigenvalue weighted by Crippen LogP contribution is 2.39. The van der Waals surface area contributed by atoms with Crippen molar-refractivity contribution in [2.24, 2.45) is 0 Å². The molecule has 20 heavy (non-hydrogen) atoms. The minimum Gasteiger partial charge on any atom is -0.478 e. The zero-order valence-electron chi connectivity index (χ0n) is 11.9. The maximum Gasteiger partial charge on any atom is 0.159 e. The molecular formula is C17H20N2O. The van der Waals surface area contributed by atoms with Crippen LogP contribution in [0.3, 0.4) is 0 Å². The van der Waals surface area contributed by atoms with Crippen molar-refractivity contribution in [3.8, 4) is 11.4 Å². The fourth-order valence-corrected chi connectivity index (χ4v) is 3.54. The average molecular weight is 268 g/mol. The zero-order chi connectivity index (χ0) is 13.6. The first kappa shape index (κ1) is 12.0. The molecule has 0 N–H and O–H groups in total. The average Bonchev–Trinajstić information content (AvgIpc) is 3.09. The van der Waals surface area contributed by atoms with Crippen LogP contribution in [0.5, 0.6) is 5.75 Å². The molecule has 2 aliphatic rings. The van der Waals surface area contributed by atoms with Gasteiger partial charge in [-0.2, -0.15) is 0 Å². The van der Waals surface area contributed by atoms with E-state index in [9.17, 15) is 0 Å². The highest BCUT2D eigenvalue weighted by Gasteiger charge is 2.38. The van der Waals surface area contributed by atoms with Gasteiger partial charge >= 0.3 is 0 Å². The number of likely N-dealkylation sites (tertiary alicyclic amines) is 1. The number of ether oxygens (including phenoxy) is 1. The van der Waals surface area contributed by atoms with Crippen LogP contribution in [-0.2, 0) is 5.60 Å². The molecule has 3 nitrogen and oxygen atoms in total. The molecule has 1 saturated heterocycles. The van der Waals surface area contributed by atoms with Crippen LogP contribution in [0.25, 0.3) is 5.69 Å². The van der Waals surface area contributed by atoms with E-state index in [0.29, 0.717) is 0 Å². The number of nitrogens with zero attached hydrogens (tertiary/aromatic N) is 2. The van der Waals surface area contributed by atoms with E-state index in [4.69, 9.17) is 4.74 Å². The summed E-state index contributed by atoms with van der Waals surface area (Å²) in [5.74, 6) is 0.984. The topological polar surface area (TPSA) is 17.4 Å². The molecule has 0 spiro atoms.